The maximum absolute atomic E-state index is 4.82. The second kappa shape index (κ2) is 7.30. The molecule has 11 heavy (non-hydrogen) atoms. The van der Waals surface area contributed by atoms with Crippen LogP contribution < -0.4 is 22.1 Å². The third kappa shape index (κ3) is 9.19. The van der Waals surface area contributed by atoms with E-state index in [1.54, 1.807) is 0 Å². The third-order valence-corrected chi connectivity index (χ3v) is 1.22. The van der Waals surface area contributed by atoms with Gasteiger partial charge in [-0.15, -0.1) is 0 Å². The Kier molecular flexibility index (Phi) is 6.76. The molecule has 0 saturated carbocycles. The number of aliphatic imine (C=N–C) groups is 1. The summed E-state index contributed by atoms with van der Waals surface area (Å²) in [6, 6.07) is 0. The van der Waals surface area contributed by atoms with E-state index >= 15 is 0 Å². The molecule has 0 aliphatic carbocycles. The second-order valence-corrected chi connectivity index (χ2v) is 2.15. The summed E-state index contributed by atoms with van der Waals surface area (Å²) in [5, 5.41) is 6.44. The first-order valence-corrected chi connectivity index (χ1v) is 3.66. The number of guanidine groups is 1. The number of nitrogens with one attached hydrogen (secondary N) is 2. The summed E-state index contributed by atoms with van der Waals surface area (Å²) in [4.78, 5) is 3.36. The minimum Gasteiger partial charge on any atom is -0.370 e. The number of rotatable bonds is 0. The Morgan fingerprint density at radius 2 is 1.36 bits per heavy atom. The Hall–Kier alpha value is -0.810. The fraction of sp³-hybridized carbons (Fsp3) is 0.833. The molecule has 0 bridgehead atoms. The van der Waals surface area contributed by atoms with Gasteiger partial charge >= 0.3 is 0 Å². The van der Waals surface area contributed by atoms with E-state index in [4.69, 9.17) is 11.5 Å². The van der Waals surface area contributed by atoms with Gasteiger partial charge in [-0.25, -0.2) is 0 Å². The fourth-order valence-corrected chi connectivity index (χ4v) is 0.604. The molecular weight excluding hydrogens is 142 g/mol. The number of hydrogen-bond donors (Lipinski definition) is 4. The predicted molar refractivity (Wildman–Crippen MR) is 47.5 cm³/mol. The highest BCUT2D eigenvalue weighted by Gasteiger charge is 1.91. The van der Waals surface area contributed by atoms with Crippen LogP contribution in [0.15, 0.2) is 4.99 Å². The molecule has 0 amide bonds. The molecule has 1 heterocycles. The van der Waals surface area contributed by atoms with Gasteiger partial charge in [-0.3, -0.25) is 4.99 Å². The molecule has 0 spiro atoms. The zero-order valence-electron chi connectivity index (χ0n) is 6.93. The van der Waals surface area contributed by atoms with Crippen LogP contribution in [0.4, 0.5) is 0 Å². The summed E-state index contributed by atoms with van der Waals surface area (Å²) in [6.07, 6.45) is 0. The Bertz CT molecular complexity index is 92.0. The molecular formula is C6H17N5. The molecule has 0 aromatic rings. The van der Waals surface area contributed by atoms with Gasteiger partial charge in [0.1, 0.15) is 0 Å². The Balaban J connectivity index is 0.000000187. The van der Waals surface area contributed by atoms with Crippen molar-refractivity contribution >= 4 is 5.96 Å². The van der Waals surface area contributed by atoms with Gasteiger partial charge in [-0.1, -0.05) is 0 Å². The Labute approximate surface area is 67.2 Å². The predicted octanol–water partition coefficient (Wildman–Crippen LogP) is -1.93. The standard InChI is InChI=1S/C4H10N2.C2H7N3/c1-2-6-4-3-5-1;1-5-2(3)4/h5-6H,1-4H2;1H3,(H4,3,4,5). The van der Waals surface area contributed by atoms with Crippen molar-refractivity contribution in [1.82, 2.24) is 10.6 Å². The van der Waals surface area contributed by atoms with E-state index < -0.39 is 0 Å². The lowest BCUT2D eigenvalue weighted by Crippen LogP contribution is -2.39. The minimum atomic E-state index is 0.130. The highest BCUT2D eigenvalue weighted by molar-refractivity contribution is 5.75. The zero-order chi connectivity index (χ0) is 8.53. The second-order valence-electron chi connectivity index (χ2n) is 2.15. The van der Waals surface area contributed by atoms with Gasteiger partial charge in [0.15, 0.2) is 5.96 Å². The van der Waals surface area contributed by atoms with E-state index in [0.717, 1.165) is 26.2 Å². The first-order chi connectivity index (χ1) is 5.27. The van der Waals surface area contributed by atoms with Crippen LogP contribution in [0.5, 0.6) is 0 Å². The maximum Gasteiger partial charge on any atom is 0.185 e. The molecule has 6 N–H and O–H groups in total. The monoisotopic (exact) mass is 159 g/mol. The van der Waals surface area contributed by atoms with Crippen LogP contribution in [-0.4, -0.2) is 39.2 Å². The van der Waals surface area contributed by atoms with Crippen molar-refractivity contribution in [3.63, 3.8) is 0 Å². The molecule has 0 atom stereocenters. The van der Waals surface area contributed by atoms with Crippen molar-refractivity contribution in [1.29, 1.82) is 0 Å². The SMILES string of the molecule is C1CNCCN1.CN=C(N)N. The van der Waals surface area contributed by atoms with Gasteiger partial charge in [0.25, 0.3) is 0 Å². The Morgan fingerprint density at radius 3 is 1.45 bits per heavy atom. The lowest BCUT2D eigenvalue weighted by molar-refractivity contribution is 0.534. The molecule has 1 saturated heterocycles. The van der Waals surface area contributed by atoms with E-state index in [-0.39, 0.29) is 5.96 Å². The molecule has 0 aromatic heterocycles. The number of hydrogen-bond acceptors (Lipinski definition) is 3. The lowest BCUT2D eigenvalue weighted by Gasteiger charge is -2.11. The van der Waals surface area contributed by atoms with Crippen molar-refractivity contribution in [3.8, 4) is 0 Å². The van der Waals surface area contributed by atoms with E-state index in [0.29, 0.717) is 0 Å². The van der Waals surface area contributed by atoms with E-state index in [9.17, 15) is 0 Å². The first kappa shape index (κ1) is 10.2. The van der Waals surface area contributed by atoms with Gasteiger partial charge in [-0.2, -0.15) is 0 Å². The summed E-state index contributed by atoms with van der Waals surface area (Å²) in [6.45, 7) is 4.56. The highest BCUT2D eigenvalue weighted by Crippen LogP contribution is 1.65. The van der Waals surface area contributed by atoms with Crippen LogP contribution >= 0.6 is 0 Å². The number of nitrogens with two attached hydrogens (primary N) is 2. The topological polar surface area (TPSA) is 88.5 Å². The van der Waals surface area contributed by atoms with Crippen molar-refractivity contribution in [3.05, 3.63) is 0 Å². The lowest BCUT2D eigenvalue weighted by atomic mass is 10.4. The summed E-state index contributed by atoms with van der Waals surface area (Å²) < 4.78 is 0. The van der Waals surface area contributed by atoms with E-state index in [2.05, 4.69) is 15.6 Å². The van der Waals surface area contributed by atoms with Crippen LogP contribution in [0.25, 0.3) is 0 Å². The van der Waals surface area contributed by atoms with Gasteiger partial charge < -0.3 is 22.1 Å². The molecule has 0 radical (unpaired) electrons. The number of piperazine rings is 1. The maximum atomic E-state index is 4.82. The van der Waals surface area contributed by atoms with Crippen molar-refractivity contribution in [2.75, 3.05) is 33.2 Å². The first-order valence-electron chi connectivity index (χ1n) is 3.66. The largest absolute Gasteiger partial charge is 0.370 e. The van der Waals surface area contributed by atoms with Crippen molar-refractivity contribution < 1.29 is 0 Å². The van der Waals surface area contributed by atoms with E-state index in [1.807, 2.05) is 0 Å². The molecule has 66 valence electrons. The summed E-state index contributed by atoms with van der Waals surface area (Å²) in [5.74, 6) is 0.130. The molecule has 0 aromatic carbocycles. The van der Waals surface area contributed by atoms with Crippen LogP contribution in [-0.2, 0) is 0 Å². The third-order valence-electron chi connectivity index (χ3n) is 1.22. The van der Waals surface area contributed by atoms with Gasteiger partial charge in [0.05, 0.1) is 0 Å². The number of nitrogens with zero attached hydrogens (tertiary/aromatic N) is 1. The zero-order valence-corrected chi connectivity index (χ0v) is 6.93. The van der Waals surface area contributed by atoms with Gasteiger partial charge in [-0.05, 0) is 0 Å². The molecule has 0 unspecified atom stereocenters. The minimum absolute atomic E-state index is 0.130. The fourth-order valence-electron chi connectivity index (χ4n) is 0.604. The molecule has 1 aliphatic rings. The Morgan fingerprint density at radius 1 is 1.09 bits per heavy atom. The molecule has 5 heteroatoms. The van der Waals surface area contributed by atoms with Crippen LogP contribution in [0.1, 0.15) is 0 Å². The highest BCUT2D eigenvalue weighted by atomic mass is 15.0. The average Bonchev–Trinajstić information content (AvgIpc) is 2.09. The molecule has 1 rings (SSSR count). The normalized spacial score (nSPS) is 16.1. The van der Waals surface area contributed by atoms with Crippen molar-refractivity contribution in [2.45, 2.75) is 0 Å². The summed E-state index contributed by atoms with van der Waals surface area (Å²) in [5.41, 5.74) is 9.64. The average molecular weight is 159 g/mol. The van der Waals surface area contributed by atoms with Crippen LogP contribution in [0, 0.1) is 0 Å². The smallest absolute Gasteiger partial charge is 0.185 e. The van der Waals surface area contributed by atoms with Crippen molar-refractivity contribution in [2.24, 2.45) is 16.5 Å². The van der Waals surface area contributed by atoms with Crippen LogP contribution in [0.2, 0.25) is 0 Å². The van der Waals surface area contributed by atoms with E-state index in [1.165, 1.54) is 7.05 Å². The molecule has 5 nitrogen and oxygen atoms in total. The van der Waals surface area contributed by atoms with Gasteiger partial charge in [0, 0.05) is 33.2 Å². The van der Waals surface area contributed by atoms with Crippen LogP contribution in [0.3, 0.4) is 0 Å². The molecule has 1 aliphatic heterocycles. The quantitative estimate of drug-likeness (QED) is 0.245. The van der Waals surface area contributed by atoms with Gasteiger partial charge in [0.2, 0.25) is 0 Å². The summed E-state index contributed by atoms with van der Waals surface area (Å²) in [7, 11) is 1.54. The summed E-state index contributed by atoms with van der Waals surface area (Å²) >= 11 is 0. The molecule has 1 fully saturated rings.